The van der Waals surface area contributed by atoms with Crippen LogP contribution in [0.4, 0.5) is 4.39 Å². The summed E-state index contributed by atoms with van der Waals surface area (Å²) in [6.07, 6.45) is 1.92. The highest BCUT2D eigenvalue weighted by atomic mass is 19.1. The lowest BCUT2D eigenvalue weighted by molar-refractivity contribution is 0.101. The van der Waals surface area contributed by atoms with Crippen molar-refractivity contribution in [1.29, 1.82) is 0 Å². The van der Waals surface area contributed by atoms with Crippen molar-refractivity contribution < 1.29 is 9.13 Å². The number of benzene rings is 1. The first-order valence-electron chi connectivity index (χ1n) is 6.88. The summed E-state index contributed by atoms with van der Waals surface area (Å²) in [7, 11) is 1.58. The average Bonchev–Trinajstić information content (AvgIpc) is 2.37. The van der Waals surface area contributed by atoms with Crippen LogP contribution in [0.1, 0.15) is 38.3 Å². The summed E-state index contributed by atoms with van der Waals surface area (Å²) >= 11 is 0. The Morgan fingerprint density at radius 2 is 2.21 bits per heavy atom. The minimum absolute atomic E-state index is 0.00125. The van der Waals surface area contributed by atoms with Gasteiger partial charge >= 0.3 is 0 Å². The number of hydrogen-bond acceptors (Lipinski definition) is 3. The highest BCUT2D eigenvalue weighted by molar-refractivity contribution is 5.37. The van der Waals surface area contributed by atoms with Gasteiger partial charge in [-0.3, -0.25) is 4.90 Å². The Bertz CT molecular complexity index is 438. The Morgan fingerprint density at radius 1 is 1.47 bits per heavy atom. The summed E-state index contributed by atoms with van der Waals surface area (Å²) in [6, 6.07) is 5.62. The predicted octanol–water partition coefficient (Wildman–Crippen LogP) is 2.71. The number of hydrogen-bond donors (Lipinski definition) is 1. The quantitative estimate of drug-likeness (QED) is 0.914. The SMILES string of the molecule is COc1cccc(F)c1C(C)N1CCC(N)CC1C. The summed E-state index contributed by atoms with van der Waals surface area (Å²) in [5.74, 6) is 0.420. The first-order chi connectivity index (χ1) is 9.04. The smallest absolute Gasteiger partial charge is 0.131 e. The van der Waals surface area contributed by atoms with Gasteiger partial charge in [0.15, 0.2) is 0 Å². The molecule has 4 heteroatoms. The lowest BCUT2D eigenvalue weighted by Crippen LogP contribution is -2.46. The molecule has 3 nitrogen and oxygen atoms in total. The number of rotatable bonds is 3. The summed E-state index contributed by atoms with van der Waals surface area (Å²) in [5, 5.41) is 0. The minimum Gasteiger partial charge on any atom is -0.496 e. The van der Waals surface area contributed by atoms with E-state index >= 15 is 0 Å². The molecule has 1 fully saturated rings. The fraction of sp³-hybridized carbons (Fsp3) is 0.600. The first-order valence-corrected chi connectivity index (χ1v) is 6.88. The maximum atomic E-state index is 14.1. The van der Waals surface area contributed by atoms with Crippen LogP contribution in [0.15, 0.2) is 18.2 Å². The van der Waals surface area contributed by atoms with Crippen LogP contribution in [0.5, 0.6) is 5.75 Å². The van der Waals surface area contributed by atoms with Crippen molar-refractivity contribution in [1.82, 2.24) is 4.90 Å². The van der Waals surface area contributed by atoms with Crippen LogP contribution in [0.3, 0.4) is 0 Å². The van der Waals surface area contributed by atoms with E-state index in [4.69, 9.17) is 10.5 Å². The first kappa shape index (κ1) is 14.3. The van der Waals surface area contributed by atoms with Crippen LogP contribution < -0.4 is 10.5 Å². The van der Waals surface area contributed by atoms with Gasteiger partial charge in [0.2, 0.25) is 0 Å². The van der Waals surface area contributed by atoms with Gasteiger partial charge in [-0.2, -0.15) is 0 Å². The standard InChI is InChI=1S/C15H23FN2O/c1-10-9-12(17)7-8-18(10)11(2)15-13(16)5-4-6-14(15)19-3/h4-6,10-12H,7-9,17H2,1-3H3. The average molecular weight is 266 g/mol. The van der Waals surface area contributed by atoms with Crippen LogP contribution in [-0.4, -0.2) is 30.6 Å². The predicted molar refractivity (Wildman–Crippen MR) is 74.7 cm³/mol. The fourth-order valence-corrected chi connectivity index (χ4v) is 3.07. The Morgan fingerprint density at radius 3 is 2.84 bits per heavy atom. The number of halogens is 1. The molecule has 1 aliphatic rings. The maximum absolute atomic E-state index is 14.1. The molecule has 0 amide bonds. The van der Waals surface area contributed by atoms with E-state index < -0.39 is 0 Å². The van der Waals surface area contributed by atoms with Gasteiger partial charge in [-0.25, -0.2) is 4.39 Å². The second kappa shape index (κ2) is 5.88. The molecule has 0 spiro atoms. The molecule has 0 radical (unpaired) electrons. The van der Waals surface area contributed by atoms with Crippen LogP contribution >= 0.6 is 0 Å². The van der Waals surface area contributed by atoms with Crippen molar-refractivity contribution in [2.75, 3.05) is 13.7 Å². The highest BCUT2D eigenvalue weighted by Gasteiger charge is 2.30. The van der Waals surface area contributed by atoms with Crippen molar-refractivity contribution >= 4 is 0 Å². The molecule has 0 bridgehead atoms. The van der Waals surface area contributed by atoms with Crippen molar-refractivity contribution in [3.8, 4) is 5.75 Å². The summed E-state index contributed by atoms with van der Waals surface area (Å²) < 4.78 is 19.4. The summed E-state index contributed by atoms with van der Waals surface area (Å²) in [6.45, 7) is 5.10. The van der Waals surface area contributed by atoms with Gasteiger partial charge in [-0.15, -0.1) is 0 Å². The summed E-state index contributed by atoms with van der Waals surface area (Å²) in [4.78, 5) is 2.31. The Balaban J connectivity index is 2.26. The van der Waals surface area contributed by atoms with Gasteiger partial charge in [0.25, 0.3) is 0 Å². The van der Waals surface area contributed by atoms with Crippen LogP contribution in [0.25, 0.3) is 0 Å². The lowest BCUT2D eigenvalue weighted by Gasteiger charge is -2.40. The van der Waals surface area contributed by atoms with Crippen LogP contribution in [-0.2, 0) is 0 Å². The van der Waals surface area contributed by atoms with E-state index in [2.05, 4.69) is 11.8 Å². The minimum atomic E-state index is -0.200. The molecule has 19 heavy (non-hydrogen) atoms. The van der Waals surface area contributed by atoms with Crippen molar-refractivity contribution in [2.45, 2.75) is 44.8 Å². The number of ether oxygens (including phenoxy) is 1. The number of methoxy groups -OCH3 is 1. The zero-order valence-corrected chi connectivity index (χ0v) is 11.9. The molecule has 0 saturated carbocycles. The number of nitrogens with two attached hydrogens (primary N) is 1. The molecule has 2 rings (SSSR count). The van der Waals surface area contributed by atoms with E-state index in [0.717, 1.165) is 19.4 Å². The molecule has 1 aliphatic heterocycles. The number of likely N-dealkylation sites (tertiary alicyclic amines) is 1. The topological polar surface area (TPSA) is 38.5 Å². The van der Waals surface area contributed by atoms with Gasteiger partial charge in [0, 0.05) is 30.2 Å². The Labute approximate surface area is 114 Å². The molecule has 1 aromatic carbocycles. The van der Waals surface area contributed by atoms with E-state index in [9.17, 15) is 4.39 Å². The molecule has 2 N–H and O–H groups in total. The molecule has 1 aromatic rings. The molecule has 106 valence electrons. The van der Waals surface area contributed by atoms with Crippen LogP contribution in [0, 0.1) is 5.82 Å². The molecule has 0 aliphatic carbocycles. The van der Waals surface area contributed by atoms with Crippen molar-refractivity contribution in [3.63, 3.8) is 0 Å². The van der Waals surface area contributed by atoms with Gasteiger partial charge < -0.3 is 10.5 Å². The van der Waals surface area contributed by atoms with E-state index in [0.29, 0.717) is 17.4 Å². The second-order valence-electron chi connectivity index (χ2n) is 5.40. The van der Waals surface area contributed by atoms with Gasteiger partial charge in [-0.05, 0) is 38.8 Å². The second-order valence-corrected chi connectivity index (χ2v) is 5.40. The molecule has 3 unspecified atom stereocenters. The van der Waals surface area contributed by atoms with Crippen molar-refractivity contribution in [2.24, 2.45) is 5.73 Å². The zero-order chi connectivity index (χ0) is 14.0. The third-order valence-electron chi connectivity index (χ3n) is 4.12. The largest absolute Gasteiger partial charge is 0.496 e. The molecular weight excluding hydrogens is 243 g/mol. The molecule has 1 heterocycles. The van der Waals surface area contributed by atoms with Crippen molar-refractivity contribution in [3.05, 3.63) is 29.6 Å². The van der Waals surface area contributed by atoms with Crippen LogP contribution in [0.2, 0.25) is 0 Å². The molecule has 1 saturated heterocycles. The summed E-state index contributed by atoms with van der Waals surface area (Å²) in [5.41, 5.74) is 6.63. The fourth-order valence-electron chi connectivity index (χ4n) is 3.07. The Kier molecular flexibility index (Phi) is 4.42. The van der Waals surface area contributed by atoms with E-state index in [-0.39, 0.29) is 17.9 Å². The number of nitrogens with zero attached hydrogens (tertiary/aromatic N) is 1. The number of piperidine rings is 1. The third-order valence-corrected chi connectivity index (χ3v) is 4.12. The maximum Gasteiger partial charge on any atom is 0.131 e. The normalized spacial score (nSPS) is 26.2. The van der Waals surface area contributed by atoms with E-state index in [1.807, 2.05) is 13.0 Å². The molecule has 0 aromatic heterocycles. The Hall–Kier alpha value is -1.13. The van der Waals surface area contributed by atoms with E-state index in [1.54, 1.807) is 13.2 Å². The van der Waals surface area contributed by atoms with Gasteiger partial charge in [0.05, 0.1) is 7.11 Å². The van der Waals surface area contributed by atoms with Gasteiger partial charge in [-0.1, -0.05) is 6.07 Å². The molecule has 3 atom stereocenters. The third kappa shape index (κ3) is 2.90. The monoisotopic (exact) mass is 266 g/mol. The zero-order valence-electron chi connectivity index (χ0n) is 11.9. The van der Waals surface area contributed by atoms with E-state index in [1.165, 1.54) is 6.07 Å². The lowest BCUT2D eigenvalue weighted by atomic mass is 9.94. The van der Waals surface area contributed by atoms with Gasteiger partial charge in [0.1, 0.15) is 11.6 Å². The molecular formula is C15H23FN2O. The highest BCUT2D eigenvalue weighted by Crippen LogP contribution is 2.34.